The second-order valence-electron chi connectivity index (χ2n) is 8.54. The van der Waals surface area contributed by atoms with Crippen LogP contribution in [0, 0.1) is 11.3 Å². The molecule has 0 atom stereocenters. The molecule has 0 saturated carbocycles. The zero-order chi connectivity index (χ0) is 25.2. The average molecular weight is 482 g/mol. The van der Waals surface area contributed by atoms with Crippen LogP contribution >= 0.6 is 0 Å². The number of amides is 3. The topological polar surface area (TPSA) is 107 Å². The molecule has 1 fully saturated rings. The van der Waals surface area contributed by atoms with Crippen molar-refractivity contribution in [2.75, 3.05) is 38.2 Å². The minimum Gasteiger partial charge on any atom is -0.496 e. The van der Waals surface area contributed by atoms with Crippen LogP contribution in [-0.2, 0) is 6.54 Å². The number of fused-ring (bicyclic) bond motifs is 1. The van der Waals surface area contributed by atoms with Crippen LogP contribution in [0.5, 0.6) is 5.75 Å². The highest BCUT2D eigenvalue weighted by atomic mass is 16.5. The summed E-state index contributed by atoms with van der Waals surface area (Å²) in [7, 11) is 1.50. The Kier molecular flexibility index (Phi) is 6.09. The quantitative estimate of drug-likeness (QED) is 0.516. The molecule has 2 aliphatic rings. The minimum atomic E-state index is -0.346. The van der Waals surface area contributed by atoms with E-state index >= 15 is 0 Å². The maximum Gasteiger partial charge on any atom is 0.261 e. The molecule has 0 N–H and O–H groups in total. The molecule has 9 nitrogen and oxygen atoms in total. The van der Waals surface area contributed by atoms with Crippen LogP contribution in [0.15, 0.2) is 60.8 Å². The zero-order valence-electron chi connectivity index (χ0n) is 19.7. The van der Waals surface area contributed by atoms with Crippen LogP contribution in [0.25, 0.3) is 0 Å². The highest BCUT2D eigenvalue weighted by Gasteiger charge is 2.35. The second-order valence-corrected chi connectivity index (χ2v) is 8.54. The SMILES string of the molecule is COc1ccc(CN2C(=O)c3ccccc3C2=O)cc1C(=O)N1CCN(c2ncccc2C#N)CC1. The third kappa shape index (κ3) is 4.03. The van der Waals surface area contributed by atoms with Crippen molar-refractivity contribution in [3.8, 4) is 11.8 Å². The summed E-state index contributed by atoms with van der Waals surface area (Å²) in [6, 6.07) is 17.5. The molecule has 2 aliphatic heterocycles. The lowest BCUT2D eigenvalue weighted by Crippen LogP contribution is -2.49. The summed E-state index contributed by atoms with van der Waals surface area (Å²) in [5.74, 6) is 0.151. The van der Waals surface area contributed by atoms with E-state index in [0.717, 1.165) is 0 Å². The van der Waals surface area contributed by atoms with E-state index in [1.165, 1.54) is 12.0 Å². The summed E-state index contributed by atoms with van der Waals surface area (Å²) in [5, 5.41) is 9.37. The van der Waals surface area contributed by atoms with Gasteiger partial charge in [0.05, 0.1) is 35.9 Å². The summed E-state index contributed by atoms with van der Waals surface area (Å²) < 4.78 is 5.44. The van der Waals surface area contributed by atoms with Crippen LogP contribution in [0.4, 0.5) is 5.82 Å². The lowest BCUT2D eigenvalue weighted by molar-refractivity contribution is 0.0642. The van der Waals surface area contributed by atoms with Crippen LogP contribution in [0.2, 0.25) is 0 Å². The summed E-state index contributed by atoms with van der Waals surface area (Å²) in [6.45, 7) is 2.03. The fraction of sp³-hybridized carbons (Fsp3) is 0.222. The van der Waals surface area contributed by atoms with Crippen molar-refractivity contribution in [3.05, 3.63) is 88.6 Å². The first-order chi connectivity index (χ1) is 17.5. The van der Waals surface area contributed by atoms with Gasteiger partial charge in [0.2, 0.25) is 0 Å². The third-order valence-corrected chi connectivity index (χ3v) is 6.49. The van der Waals surface area contributed by atoms with Crippen molar-refractivity contribution < 1.29 is 19.1 Å². The number of hydrogen-bond acceptors (Lipinski definition) is 7. The number of nitrogens with zero attached hydrogens (tertiary/aromatic N) is 5. The number of nitriles is 1. The number of rotatable bonds is 5. The molecule has 3 amide bonds. The zero-order valence-corrected chi connectivity index (χ0v) is 19.7. The summed E-state index contributed by atoms with van der Waals surface area (Å²) in [6.07, 6.45) is 1.65. The predicted octanol–water partition coefficient (Wildman–Crippen LogP) is 2.72. The Bertz CT molecular complexity index is 1370. The number of methoxy groups -OCH3 is 1. The number of pyridine rings is 1. The molecule has 0 aliphatic carbocycles. The molecule has 3 aromatic rings. The van der Waals surface area contributed by atoms with Crippen LogP contribution < -0.4 is 9.64 Å². The Labute approximate surface area is 208 Å². The molecule has 1 saturated heterocycles. The molecule has 5 rings (SSSR count). The van der Waals surface area contributed by atoms with E-state index in [-0.39, 0.29) is 24.3 Å². The number of benzene rings is 2. The number of ether oxygens (including phenoxy) is 1. The molecule has 1 aromatic heterocycles. The monoisotopic (exact) mass is 481 g/mol. The van der Waals surface area contributed by atoms with Gasteiger partial charge < -0.3 is 14.5 Å². The number of imide groups is 1. The van der Waals surface area contributed by atoms with Gasteiger partial charge in [-0.15, -0.1) is 0 Å². The molecule has 0 bridgehead atoms. The Morgan fingerprint density at radius 1 is 1.00 bits per heavy atom. The Balaban J connectivity index is 1.32. The van der Waals surface area contributed by atoms with Gasteiger partial charge in [0.15, 0.2) is 0 Å². The number of piperazine rings is 1. The summed E-state index contributed by atoms with van der Waals surface area (Å²) in [5.41, 5.74) is 2.30. The predicted molar refractivity (Wildman–Crippen MR) is 131 cm³/mol. The number of anilines is 1. The first-order valence-electron chi connectivity index (χ1n) is 11.5. The van der Waals surface area contributed by atoms with Crippen molar-refractivity contribution >= 4 is 23.5 Å². The van der Waals surface area contributed by atoms with Gasteiger partial charge in [-0.25, -0.2) is 4.98 Å². The van der Waals surface area contributed by atoms with E-state index in [1.807, 2.05) is 4.90 Å². The van der Waals surface area contributed by atoms with E-state index in [1.54, 1.807) is 65.7 Å². The average Bonchev–Trinajstić information content (AvgIpc) is 3.17. The van der Waals surface area contributed by atoms with E-state index < -0.39 is 0 Å². The van der Waals surface area contributed by atoms with Crippen LogP contribution in [0.1, 0.15) is 42.2 Å². The van der Waals surface area contributed by atoms with E-state index in [9.17, 15) is 19.6 Å². The molecule has 9 heteroatoms. The van der Waals surface area contributed by atoms with Gasteiger partial charge >= 0.3 is 0 Å². The Hall–Kier alpha value is -4.71. The third-order valence-electron chi connectivity index (χ3n) is 6.49. The van der Waals surface area contributed by atoms with Crippen molar-refractivity contribution in [2.45, 2.75) is 6.54 Å². The van der Waals surface area contributed by atoms with Crippen LogP contribution in [-0.4, -0.2) is 65.8 Å². The van der Waals surface area contributed by atoms with Gasteiger partial charge in [-0.3, -0.25) is 19.3 Å². The smallest absolute Gasteiger partial charge is 0.261 e. The lowest BCUT2D eigenvalue weighted by Gasteiger charge is -2.36. The number of hydrogen-bond donors (Lipinski definition) is 0. The number of carbonyl (C=O) groups excluding carboxylic acids is 3. The summed E-state index contributed by atoms with van der Waals surface area (Å²) >= 11 is 0. The molecule has 0 radical (unpaired) electrons. The molecular formula is C27H23N5O4. The largest absolute Gasteiger partial charge is 0.496 e. The molecule has 180 valence electrons. The van der Waals surface area contributed by atoms with Crippen molar-refractivity contribution in [2.24, 2.45) is 0 Å². The fourth-order valence-corrected chi connectivity index (χ4v) is 4.61. The lowest BCUT2D eigenvalue weighted by atomic mass is 10.1. The van der Waals surface area contributed by atoms with Crippen molar-refractivity contribution in [1.82, 2.24) is 14.8 Å². The minimum absolute atomic E-state index is 0.0566. The van der Waals surface area contributed by atoms with Crippen LogP contribution in [0.3, 0.4) is 0 Å². The number of aromatic nitrogens is 1. The van der Waals surface area contributed by atoms with E-state index in [0.29, 0.717) is 65.6 Å². The highest BCUT2D eigenvalue weighted by Crippen LogP contribution is 2.28. The molecule has 0 unspecified atom stereocenters. The maximum absolute atomic E-state index is 13.5. The van der Waals surface area contributed by atoms with E-state index in [2.05, 4.69) is 11.1 Å². The molecule has 3 heterocycles. The van der Waals surface area contributed by atoms with Gasteiger partial charge in [0.25, 0.3) is 17.7 Å². The molecule has 2 aromatic carbocycles. The second kappa shape index (κ2) is 9.50. The van der Waals surface area contributed by atoms with E-state index in [4.69, 9.17) is 4.74 Å². The van der Waals surface area contributed by atoms with Crippen molar-refractivity contribution in [1.29, 1.82) is 5.26 Å². The maximum atomic E-state index is 13.5. The highest BCUT2D eigenvalue weighted by molar-refractivity contribution is 6.21. The Morgan fingerprint density at radius 2 is 1.69 bits per heavy atom. The molecule has 0 spiro atoms. The first-order valence-corrected chi connectivity index (χ1v) is 11.5. The molecular weight excluding hydrogens is 458 g/mol. The fourth-order valence-electron chi connectivity index (χ4n) is 4.61. The van der Waals surface area contributed by atoms with Gasteiger partial charge in [-0.2, -0.15) is 5.26 Å². The standard InChI is InChI=1S/C27H23N5O4/c1-36-23-9-8-18(17-32-26(34)20-6-2-3-7-21(20)27(32)35)15-22(23)25(33)31-13-11-30(12-14-31)24-19(16-28)5-4-10-29-24/h2-10,15H,11-14,17H2,1H3. The first kappa shape index (κ1) is 23.1. The molecule has 36 heavy (non-hydrogen) atoms. The summed E-state index contributed by atoms with van der Waals surface area (Å²) in [4.78, 5) is 48.3. The van der Waals surface area contributed by atoms with Crippen molar-refractivity contribution in [3.63, 3.8) is 0 Å². The van der Waals surface area contributed by atoms with Gasteiger partial charge in [0, 0.05) is 32.4 Å². The van der Waals surface area contributed by atoms with Gasteiger partial charge in [0.1, 0.15) is 17.6 Å². The van der Waals surface area contributed by atoms with Gasteiger partial charge in [-0.1, -0.05) is 18.2 Å². The van der Waals surface area contributed by atoms with Gasteiger partial charge in [-0.05, 0) is 42.0 Å². The normalized spacial score (nSPS) is 15.1. The Morgan fingerprint density at radius 3 is 2.33 bits per heavy atom. The number of carbonyl (C=O) groups is 3.